The number of rotatable bonds is 5. The van der Waals surface area contributed by atoms with Crippen molar-refractivity contribution in [2.45, 2.75) is 5.75 Å². The molecule has 0 heterocycles. The number of nitriles is 1. The zero-order valence-corrected chi connectivity index (χ0v) is 12.3. The van der Waals surface area contributed by atoms with Crippen LogP contribution >= 0.6 is 0 Å². The van der Waals surface area contributed by atoms with Crippen LogP contribution in [0.1, 0.15) is 16.7 Å². The maximum Gasteiger partial charge on any atom is 0.269 e. The Morgan fingerprint density at radius 2 is 1.77 bits per heavy atom. The summed E-state index contributed by atoms with van der Waals surface area (Å²) in [5, 5.41) is 20.8. The van der Waals surface area contributed by atoms with Crippen LogP contribution < -0.4 is 0 Å². The number of nitro benzene ring substituents is 1. The molecule has 0 spiro atoms. The molecule has 2 rings (SSSR count). The molecule has 2 aromatic carbocycles. The highest BCUT2D eigenvalue weighted by molar-refractivity contribution is 7.93. The van der Waals surface area contributed by atoms with Gasteiger partial charge < -0.3 is 4.55 Å². The summed E-state index contributed by atoms with van der Waals surface area (Å²) in [6.45, 7) is 0. The first kappa shape index (κ1) is 15.8. The summed E-state index contributed by atoms with van der Waals surface area (Å²) >= 11 is -1.19. The molecule has 0 bridgehead atoms. The van der Waals surface area contributed by atoms with E-state index < -0.39 is 16.1 Å². The van der Waals surface area contributed by atoms with Gasteiger partial charge in [0, 0.05) is 17.7 Å². The highest BCUT2D eigenvalue weighted by Crippen LogP contribution is 2.15. The molecule has 0 amide bonds. The predicted octanol–water partition coefficient (Wildman–Crippen LogP) is 3.39. The fraction of sp³-hybridized carbons (Fsp3) is 0.0625. The van der Waals surface area contributed by atoms with Crippen molar-refractivity contribution in [3.63, 3.8) is 0 Å². The summed E-state index contributed by atoms with van der Waals surface area (Å²) in [4.78, 5) is 10.1. The zero-order valence-electron chi connectivity index (χ0n) is 11.5. The molecular weight excluding hydrogens is 300 g/mol. The number of benzene rings is 2. The van der Waals surface area contributed by atoms with E-state index in [4.69, 9.17) is 5.26 Å². The van der Waals surface area contributed by atoms with Crippen LogP contribution in [-0.2, 0) is 16.9 Å². The maximum absolute atomic E-state index is 12.0. The van der Waals surface area contributed by atoms with Gasteiger partial charge in [-0.1, -0.05) is 12.1 Å². The van der Waals surface area contributed by atoms with Crippen molar-refractivity contribution < 1.29 is 9.48 Å². The molecule has 0 aromatic heterocycles. The molecule has 0 aliphatic carbocycles. The zero-order chi connectivity index (χ0) is 15.9. The summed E-state index contributed by atoms with van der Waals surface area (Å²) in [6, 6.07) is 15.0. The van der Waals surface area contributed by atoms with E-state index in [1.165, 1.54) is 12.1 Å². The molecule has 0 N–H and O–H groups in total. The Labute approximate surface area is 130 Å². The molecule has 110 valence electrons. The van der Waals surface area contributed by atoms with Gasteiger partial charge in [-0.15, -0.1) is 0 Å². The Morgan fingerprint density at radius 3 is 2.32 bits per heavy atom. The van der Waals surface area contributed by atoms with Crippen molar-refractivity contribution in [1.29, 1.82) is 5.26 Å². The number of hydrogen-bond acceptors (Lipinski definition) is 4. The minimum Gasteiger partial charge on any atom is -0.612 e. The van der Waals surface area contributed by atoms with Gasteiger partial charge in [-0.05, 0) is 47.1 Å². The molecule has 1 atom stereocenters. The Balaban J connectivity index is 1.96. The normalized spacial score (nSPS) is 12.0. The van der Waals surface area contributed by atoms with Gasteiger partial charge >= 0.3 is 0 Å². The highest BCUT2D eigenvalue weighted by atomic mass is 32.2. The average molecular weight is 312 g/mol. The lowest BCUT2D eigenvalue weighted by atomic mass is 10.2. The molecule has 0 radical (unpaired) electrons. The van der Waals surface area contributed by atoms with Crippen LogP contribution in [0.15, 0.2) is 53.9 Å². The summed E-state index contributed by atoms with van der Waals surface area (Å²) in [6.07, 6.45) is 1.67. The van der Waals surface area contributed by atoms with E-state index in [0.29, 0.717) is 11.3 Å². The summed E-state index contributed by atoms with van der Waals surface area (Å²) in [5.41, 5.74) is 2.22. The summed E-state index contributed by atoms with van der Waals surface area (Å²) in [7, 11) is 0. The van der Waals surface area contributed by atoms with Gasteiger partial charge in [0.25, 0.3) is 5.69 Å². The fourth-order valence-electron chi connectivity index (χ4n) is 1.75. The lowest BCUT2D eigenvalue weighted by molar-refractivity contribution is -0.384. The predicted molar refractivity (Wildman–Crippen MR) is 85.1 cm³/mol. The molecule has 6 heteroatoms. The van der Waals surface area contributed by atoms with Crippen LogP contribution in [0.25, 0.3) is 6.08 Å². The molecule has 2 aromatic rings. The van der Waals surface area contributed by atoms with E-state index >= 15 is 0 Å². The molecule has 22 heavy (non-hydrogen) atoms. The Bertz CT molecular complexity index is 719. The molecule has 0 saturated heterocycles. The summed E-state index contributed by atoms with van der Waals surface area (Å²) in [5.74, 6) is 0.356. The Hall–Kier alpha value is -2.62. The Morgan fingerprint density at radius 1 is 1.14 bits per heavy atom. The molecule has 0 fully saturated rings. The monoisotopic (exact) mass is 312 g/mol. The van der Waals surface area contributed by atoms with Crippen LogP contribution in [0.3, 0.4) is 0 Å². The van der Waals surface area contributed by atoms with Crippen molar-refractivity contribution in [3.8, 4) is 6.07 Å². The second-order valence-electron chi connectivity index (χ2n) is 4.49. The third-order valence-corrected chi connectivity index (χ3v) is 3.97. The first-order valence-electron chi connectivity index (χ1n) is 6.37. The standard InChI is InChI=1S/C16H12N2O3S/c17-11-14-1-3-15(4-2-14)12-22(21)10-9-13-5-7-16(8-6-13)18(19)20/h1-10H,12H2. The molecule has 0 aliphatic heterocycles. The number of nitrogens with zero attached hydrogens (tertiary/aromatic N) is 2. The quantitative estimate of drug-likeness (QED) is 0.481. The van der Waals surface area contributed by atoms with Gasteiger partial charge in [0.05, 0.1) is 16.6 Å². The van der Waals surface area contributed by atoms with Gasteiger partial charge in [-0.25, -0.2) is 0 Å². The lowest BCUT2D eigenvalue weighted by Gasteiger charge is -2.05. The van der Waals surface area contributed by atoms with Crippen molar-refractivity contribution in [2.24, 2.45) is 0 Å². The maximum atomic E-state index is 12.0. The van der Waals surface area contributed by atoms with Crippen molar-refractivity contribution in [1.82, 2.24) is 0 Å². The number of nitro groups is 1. The van der Waals surface area contributed by atoms with E-state index in [2.05, 4.69) is 0 Å². The second kappa shape index (κ2) is 7.41. The van der Waals surface area contributed by atoms with Crippen molar-refractivity contribution in [2.75, 3.05) is 0 Å². The second-order valence-corrected chi connectivity index (χ2v) is 5.81. The van der Waals surface area contributed by atoms with Crippen molar-refractivity contribution in [3.05, 3.63) is 80.7 Å². The van der Waals surface area contributed by atoms with Crippen LogP contribution in [0.4, 0.5) is 5.69 Å². The SMILES string of the molecule is N#Cc1ccc(C[S+]([O-])C=Cc2ccc([N+](=O)[O-])cc2)cc1. The number of non-ortho nitro benzene ring substituents is 1. The van der Waals surface area contributed by atoms with E-state index in [9.17, 15) is 14.7 Å². The molecule has 1 unspecified atom stereocenters. The summed E-state index contributed by atoms with van der Waals surface area (Å²) < 4.78 is 12.0. The molecular formula is C16H12N2O3S. The van der Waals surface area contributed by atoms with E-state index in [1.807, 2.05) is 6.07 Å². The van der Waals surface area contributed by atoms with Gasteiger partial charge in [-0.2, -0.15) is 5.26 Å². The van der Waals surface area contributed by atoms with Gasteiger partial charge in [0.15, 0.2) is 0 Å². The topological polar surface area (TPSA) is 90.0 Å². The van der Waals surface area contributed by atoms with Crippen molar-refractivity contribution >= 4 is 22.9 Å². The largest absolute Gasteiger partial charge is 0.612 e. The number of hydrogen-bond donors (Lipinski definition) is 0. The van der Waals surface area contributed by atoms with Crippen LogP contribution in [0.2, 0.25) is 0 Å². The van der Waals surface area contributed by atoms with Crippen LogP contribution in [0, 0.1) is 21.4 Å². The minimum atomic E-state index is -1.19. The Kier molecular flexibility index (Phi) is 5.31. The average Bonchev–Trinajstić information content (AvgIpc) is 2.54. The third kappa shape index (κ3) is 4.45. The fourth-order valence-corrected chi connectivity index (χ4v) is 2.68. The first-order valence-corrected chi connectivity index (χ1v) is 7.75. The van der Waals surface area contributed by atoms with E-state index in [-0.39, 0.29) is 5.69 Å². The smallest absolute Gasteiger partial charge is 0.269 e. The minimum absolute atomic E-state index is 0.0239. The van der Waals surface area contributed by atoms with Crippen LogP contribution in [0.5, 0.6) is 0 Å². The third-order valence-electron chi connectivity index (χ3n) is 2.91. The van der Waals surface area contributed by atoms with E-state index in [1.54, 1.807) is 47.9 Å². The molecule has 0 saturated carbocycles. The van der Waals surface area contributed by atoms with Crippen LogP contribution in [-0.4, -0.2) is 9.48 Å². The molecule has 5 nitrogen and oxygen atoms in total. The van der Waals surface area contributed by atoms with E-state index in [0.717, 1.165) is 11.1 Å². The van der Waals surface area contributed by atoms with Gasteiger partial charge in [-0.3, -0.25) is 10.1 Å². The van der Waals surface area contributed by atoms with Gasteiger partial charge in [0.2, 0.25) is 0 Å². The molecule has 0 aliphatic rings. The first-order chi connectivity index (χ1) is 10.6. The lowest BCUT2D eigenvalue weighted by Crippen LogP contribution is -2.00. The van der Waals surface area contributed by atoms with Gasteiger partial charge in [0.1, 0.15) is 11.2 Å². The highest BCUT2D eigenvalue weighted by Gasteiger charge is 2.05.